The topological polar surface area (TPSA) is 44.5 Å². The van der Waals surface area contributed by atoms with Gasteiger partial charge in [-0.05, 0) is 32.2 Å². The van der Waals surface area contributed by atoms with E-state index in [4.69, 9.17) is 15.2 Å². The van der Waals surface area contributed by atoms with Crippen molar-refractivity contribution in [3.8, 4) is 0 Å². The summed E-state index contributed by atoms with van der Waals surface area (Å²) in [7, 11) is 1.79. The van der Waals surface area contributed by atoms with Crippen molar-refractivity contribution in [2.24, 2.45) is 5.73 Å². The Balaban J connectivity index is 1.83. The summed E-state index contributed by atoms with van der Waals surface area (Å²) in [6.45, 7) is 0.744. The van der Waals surface area contributed by atoms with Crippen molar-refractivity contribution in [1.82, 2.24) is 0 Å². The first-order valence-corrected chi connectivity index (χ1v) is 5.69. The summed E-state index contributed by atoms with van der Waals surface area (Å²) in [6, 6.07) is 0. The van der Waals surface area contributed by atoms with Crippen LogP contribution in [-0.4, -0.2) is 31.5 Å². The van der Waals surface area contributed by atoms with Crippen LogP contribution in [0.5, 0.6) is 0 Å². The van der Waals surface area contributed by atoms with Crippen LogP contribution < -0.4 is 5.73 Å². The van der Waals surface area contributed by atoms with E-state index in [1.165, 1.54) is 19.3 Å². The number of ether oxygens (including phenoxy) is 2. The minimum absolute atomic E-state index is 0.165. The lowest BCUT2D eigenvalue weighted by Gasteiger charge is -2.51. The third kappa shape index (κ3) is 1.95. The van der Waals surface area contributed by atoms with Gasteiger partial charge in [-0.1, -0.05) is 0 Å². The normalized spacial score (nSPS) is 42.4. The molecule has 1 atom stereocenters. The van der Waals surface area contributed by atoms with Crippen LogP contribution in [0.1, 0.15) is 38.5 Å². The molecule has 1 saturated carbocycles. The summed E-state index contributed by atoms with van der Waals surface area (Å²) in [5.41, 5.74) is 5.72. The summed E-state index contributed by atoms with van der Waals surface area (Å²) < 4.78 is 11.4. The quantitative estimate of drug-likeness (QED) is 0.748. The van der Waals surface area contributed by atoms with Crippen LogP contribution in [0.4, 0.5) is 0 Å². The predicted molar refractivity (Wildman–Crippen MR) is 55.2 cm³/mol. The highest BCUT2D eigenvalue weighted by Gasteiger charge is 2.48. The molecular formula is C11H21NO2. The zero-order valence-electron chi connectivity index (χ0n) is 9.00. The van der Waals surface area contributed by atoms with Crippen LogP contribution in [0.2, 0.25) is 0 Å². The predicted octanol–water partition coefficient (Wildman–Crippen LogP) is 1.45. The van der Waals surface area contributed by atoms with Crippen LogP contribution in [0, 0.1) is 0 Å². The molecule has 1 spiro atoms. The van der Waals surface area contributed by atoms with Gasteiger partial charge in [-0.3, -0.25) is 0 Å². The van der Waals surface area contributed by atoms with Gasteiger partial charge in [-0.15, -0.1) is 0 Å². The molecule has 2 N–H and O–H groups in total. The van der Waals surface area contributed by atoms with Gasteiger partial charge in [-0.25, -0.2) is 0 Å². The maximum absolute atomic E-state index is 6.12. The largest absolute Gasteiger partial charge is 0.381 e. The maximum atomic E-state index is 6.12. The Kier molecular flexibility index (Phi) is 3.10. The molecule has 0 aromatic heterocycles. The van der Waals surface area contributed by atoms with Gasteiger partial charge in [0.25, 0.3) is 0 Å². The van der Waals surface area contributed by atoms with E-state index in [2.05, 4.69) is 0 Å². The van der Waals surface area contributed by atoms with Crippen molar-refractivity contribution in [3.63, 3.8) is 0 Å². The fourth-order valence-corrected chi connectivity index (χ4v) is 2.75. The molecule has 1 aliphatic carbocycles. The van der Waals surface area contributed by atoms with E-state index in [0.717, 1.165) is 25.8 Å². The first kappa shape index (κ1) is 10.4. The molecule has 2 rings (SSSR count). The van der Waals surface area contributed by atoms with Crippen molar-refractivity contribution >= 4 is 0 Å². The molecule has 2 fully saturated rings. The Labute approximate surface area is 85.9 Å². The summed E-state index contributed by atoms with van der Waals surface area (Å²) in [6.07, 6.45) is 7.73. The summed E-state index contributed by atoms with van der Waals surface area (Å²) in [5, 5.41) is 0. The second kappa shape index (κ2) is 4.17. The summed E-state index contributed by atoms with van der Waals surface area (Å²) >= 11 is 0. The van der Waals surface area contributed by atoms with Gasteiger partial charge < -0.3 is 15.2 Å². The molecule has 0 aromatic carbocycles. The number of methoxy groups -OCH3 is 1. The molecule has 82 valence electrons. The minimum atomic E-state index is 0.165. The van der Waals surface area contributed by atoms with Crippen LogP contribution in [0.3, 0.4) is 0 Å². The summed E-state index contributed by atoms with van der Waals surface area (Å²) in [5.74, 6) is 0. The van der Waals surface area contributed by atoms with E-state index < -0.39 is 0 Å². The van der Waals surface area contributed by atoms with Crippen molar-refractivity contribution in [2.75, 3.05) is 13.7 Å². The lowest BCUT2D eigenvalue weighted by molar-refractivity contribution is -0.212. The third-order valence-corrected chi connectivity index (χ3v) is 3.60. The van der Waals surface area contributed by atoms with E-state index in [9.17, 15) is 0 Å². The van der Waals surface area contributed by atoms with Gasteiger partial charge in [0.1, 0.15) is 0 Å². The monoisotopic (exact) mass is 199 g/mol. The highest BCUT2D eigenvalue weighted by molar-refractivity contribution is 4.99. The highest BCUT2D eigenvalue weighted by atomic mass is 16.5. The highest BCUT2D eigenvalue weighted by Crippen LogP contribution is 2.45. The molecule has 0 aromatic rings. The van der Waals surface area contributed by atoms with Gasteiger partial charge in [0, 0.05) is 20.0 Å². The molecule has 3 heteroatoms. The van der Waals surface area contributed by atoms with Crippen molar-refractivity contribution in [2.45, 2.75) is 56.3 Å². The fourth-order valence-electron chi connectivity index (χ4n) is 2.75. The Morgan fingerprint density at radius 2 is 2.29 bits per heavy atom. The van der Waals surface area contributed by atoms with Crippen LogP contribution in [0.25, 0.3) is 0 Å². The number of hydrogen-bond donors (Lipinski definition) is 1. The van der Waals surface area contributed by atoms with Gasteiger partial charge in [0.15, 0.2) is 0 Å². The molecule has 0 bridgehead atoms. The Morgan fingerprint density at radius 3 is 2.93 bits per heavy atom. The minimum Gasteiger partial charge on any atom is -0.381 e. The molecule has 1 unspecified atom stereocenters. The lowest BCUT2D eigenvalue weighted by Crippen LogP contribution is -2.54. The zero-order valence-corrected chi connectivity index (χ0v) is 9.00. The van der Waals surface area contributed by atoms with Gasteiger partial charge in [-0.2, -0.15) is 0 Å². The second-order valence-corrected chi connectivity index (χ2v) is 4.66. The molecule has 1 saturated heterocycles. The van der Waals surface area contributed by atoms with Gasteiger partial charge in [0.05, 0.1) is 17.8 Å². The number of rotatable bonds is 3. The second-order valence-electron chi connectivity index (χ2n) is 4.66. The molecule has 1 heterocycles. The Morgan fingerprint density at radius 1 is 1.50 bits per heavy atom. The first-order valence-electron chi connectivity index (χ1n) is 5.69. The van der Waals surface area contributed by atoms with Gasteiger partial charge >= 0.3 is 0 Å². The average molecular weight is 199 g/mol. The van der Waals surface area contributed by atoms with E-state index >= 15 is 0 Å². The molecule has 0 radical (unpaired) electrons. The molecule has 14 heavy (non-hydrogen) atoms. The molecule has 0 amide bonds. The lowest BCUT2D eigenvalue weighted by atomic mass is 9.72. The molecular weight excluding hydrogens is 178 g/mol. The van der Waals surface area contributed by atoms with E-state index in [1.807, 2.05) is 0 Å². The van der Waals surface area contributed by atoms with Crippen LogP contribution >= 0.6 is 0 Å². The molecule has 2 aliphatic rings. The Hall–Kier alpha value is -0.120. The van der Waals surface area contributed by atoms with Crippen molar-refractivity contribution in [3.05, 3.63) is 0 Å². The fraction of sp³-hybridized carbons (Fsp3) is 1.00. The van der Waals surface area contributed by atoms with E-state index in [-0.39, 0.29) is 5.60 Å². The van der Waals surface area contributed by atoms with Crippen LogP contribution in [-0.2, 0) is 9.47 Å². The third-order valence-electron chi connectivity index (χ3n) is 3.60. The number of hydrogen-bond acceptors (Lipinski definition) is 3. The van der Waals surface area contributed by atoms with Gasteiger partial charge in [0.2, 0.25) is 0 Å². The molecule has 3 nitrogen and oxygen atoms in total. The standard InChI is InChI=1S/C11H21NO2/c1-13-10-7-11(8-10)5-2-3-9(14-11)4-6-12/h9-10H,2-8,12H2,1H3. The first-order chi connectivity index (χ1) is 6.78. The SMILES string of the molecule is COC1CC2(CCCC(CCN)O2)C1. The van der Waals surface area contributed by atoms with Crippen molar-refractivity contribution in [1.29, 1.82) is 0 Å². The number of nitrogens with two attached hydrogens (primary N) is 1. The summed E-state index contributed by atoms with van der Waals surface area (Å²) in [4.78, 5) is 0. The zero-order chi connectivity index (χ0) is 10.0. The average Bonchev–Trinajstić information content (AvgIpc) is 2.15. The van der Waals surface area contributed by atoms with Crippen LogP contribution in [0.15, 0.2) is 0 Å². The van der Waals surface area contributed by atoms with E-state index in [0.29, 0.717) is 12.2 Å². The smallest absolute Gasteiger partial charge is 0.0735 e. The van der Waals surface area contributed by atoms with Crippen molar-refractivity contribution < 1.29 is 9.47 Å². The Bertz CT molecular complexity index is 188. The van der Waals surface area contributed by atoms with E-state index in [1.54, 1.807) is 7.11 Å². The maximum Gasteiger partial charge on any atom is 0.0735 e. The molecule has 1 aliphatic heterocycles.